The number of guanidine groups is 1. The molecule has 2 aliphatic rings. The monoisotopic (exact) mass is 521 g/mol. The van der Waals surface area contributed by atoms with Gasteiger partial charge in [0, 0.05) is 30.7 Å². The molecule has 2 atom stereocenters. The Bertz CT molecular complexity index is 626. The van der Waals surface area contributed by atoms with Crippen molar-refractivity contribution in [2.75, 3.05) is 52.5 Å². The Morgan fingerprint density at radius 1 is 1.36 bits per heavy atom. The van der Waals surface area contributed by atoms with E-state index in [-0.39, 0.29) is 30.0 Å². The Morgan fingerprint density at radius 3 is 2.86 bits per heavy atom. The second-order valence-electron chi connectivity index (χ2n) is 7.25. The lowest BCUT2D eigenvalue weighted by molar-refractivity contribution is 0.0180. The molecule has 158 valence electrons. The summed E-state index contributed by atoms with van der Waals surface area (Å²) in [5.41, 5.74) is 7.35. The number of rotatable bonds is 7. The van der Waals surface area contributed by atoms with Crippen LogP contribution in [-0.2, 0) is 4.74 Å². The minimum atomic E-state index is 0. The van der Waals surface area contributed by atoms with Crippen LogP contribution in [0.25, 0.3) is 0 Å². The highest BCUT2D eigenvalue weighted by Crippen LogP contribution is 2.24. The lowest BCUT2D eigenvalue weighted by Crippen LogP contribution is -2.43. The van der Waals surface area contributed by atoms with E-state index in [4.69, 9.17) is 22.1 Å². The molecule has 0 amide bonds. The van der Waals surface area contributed by atoms with Crippen LogP contribution in [0.4, 0.5) is 0 Å². The number of ether oxygens (including phenoxy) is 1. The number of hydrogen-bond acceptors (Lipinski definition) is 4. The van der Waals surface area contributed by atoms with Crippen LogP contribution in [0.3, 0.4) is 0 Å². The minimum absolute atomic E-state index is 0. The van der Waals surface area contributed by atoms with E-state index >= 15 is 0 Å². The molecule has 2 aliphatic heterocycles. The average Bonchev–Trinajstić information content (AvgIpc) is 3.15. The fourth-order valence-corrected chi connectivity index (χ4v) is 4.24. The number of halogens is 2. The van der Waals surface area contributed by atoms with Gasteiger partial charge in [0.2, 0.25) is 0 Å². The van der Waals surface area contributed by atoms with E-state index in [1.165, 1.54) is 24.9 Å². The first kappa shape index (κ1) is 23.7. The molecule has 0 aliphatic carbocycles. The third kappa shape index (κ3) is 6.73. The maximum atomic E-state index is 6.22. The zero-order chi connectivity index (χ0) is 19.1. The topological polar surface area (TPSA) is 66.1 Å². The van der Waals surface area contributed by atoms with Gasteiger partial charge in [0.25, 0.3) is 0 Å². The van der Waals surface area contributed by atoms with Gasteiger partial charge in [0.15, 0.2) is 5.96 Å². The first-order chi connectivity index (χ1) is 13.2. The Morgan fingerprint density at radius 2 is 2.14 bits per heavy atom. The molecule has 2 fully saturated rings. The number of morpholine rings is 1. The molecule has 3 rings (SSSR count). The summed E-state index contributed by atoms with van der Waals surface area (Å²) in [6.45, 7) is 9.27. The van der Waals surface area contributed by atoms with Gasteiger partial charge in [-0.25, -0.2) is 0 Å². The molecular weight excluding hydrogens is 489 g/mol. The summed E-state index contributed by atoms with van der Waals surface area (Å²) < 4.78 is 5.51. The molecule has 3 N–H and O–H groups in total. The Balaban J connectivity index is 0.00000280. The van der Waals surface area contributed by atoms with Crippen molar-refractivity contribution in [3.63, 3.8) is 0 Å². The van der Waals surface area contributed by atoms with E-state index in [1.807, 2.05) is 18.2 Å². The predicted molar refractivity (Wildman–Crippen MR) is 127 cm³/mol. The standard InChI is InChI=1S/C20H32ClN5O.HI/c1-2-25-8-4-7-18(25)14-23-20(22)24-15-19(26-9-11-27-12-10-26)16-5-3-6-17(21)13-16;/h3,5-6,13,18-19H,2,4,7-12,14-15H2,1H3,(H3,22,23,24);1H. The highest BCUT2D eigenvalue weighted by molar-refractivity contribution is 14.0. The molecule has 0 aromatic heterocycles. The van der Waals surface area contributed by atoms with E-state index in [1.54, 1.807) is 0 Å². The van der Waals surface area contributed by atoms with Crippen molar-refractivity contribution < 1.29 is 4.74 Å². The van der Waals surface area contributed by atoms with E-state index in [2.05, 4.69) is 33.1 Å². The van der Waals surface area contributed by atoms with Crippen LogP contribution < -0.4 is 11.1 Å². The third-order valence-electron chi connectivity index (χ3n) is 5.58. The maximum absolute atomic E-state index is 6.22. The number of hydrogen-bond donors (Lipinski definition) is 2. The lowest BCUT2D eigenvalue weighted by atomic mass is 10.0. The van der Waals surface area contributed by atoms with Gasteiger partial charge >= 0.3 is 0 Å². The lowest BCUT2D eigenvalue weighted by Gasteiger charge is -2.34. The zero-order valence-corrected chi connectivity index (χ0v) is 19.7. The number of benzene rings is 1. The predicted octanol–water partition coefficient (Wildman–Crippen LogP) is 2.72. The second-order valence-corrected chi connectivity index (χ2v) is 7.69. The van der Waals surface area contributed by atoms with Gasteiger partial charge in [0.1, 0.15) is 0 Å². The van der Waals surface area contributed by atoms with Crippen LogP contribution >= 0.6 is 35.6 Å². The molecule has 2 heterocycles. The van der Waals surface area contributed by atoms with Crippen molar-refractivity contribution in [2.45, 2.75) is 31.8 Å². The Labute approximate surface area is 190 Å². The molecule has 1 aromatic rings. The molecule has 0 spiro atoms. The first-order valence-corrected chi connectivity index (χ1v) is 10.4. The highest BCUT2D eigenvalue weighted by atomic mass is 127. The van der Waals surface area contributed by atoms with Gasteiger partial charge in [-0.15, -0.1) is 24.0 Å². The SMILES string of the molecule is CCN1CCCC1CNC(N)=NCC(c1cccc(Cl)c1)N1CCOCC1.I. The summed E-state index contributed by atoms with van der Waals surface area (Å²) in [5.74, 6) is 0.526. The largest absolute Gasteiger partial charge is 0.379 e. The second kappa shape index (κ2) is 12.2. The van der Waals surface area contributed by atoms with E-state index < -0.39 is 0 Å². The van der Waals surface area contributed by atoms with Crippen molar-refractivity contribution >= 4 is 41.5 Å². The van der Waals surface area contributed by atoms with E-state index in [0.29, 0.717) is 18.5 Å². The van der Waals surface area contributed by atoms with Crippen molar-refractivity contribution in [2.24, 2.45) is 10.7 Å². The summed E-state index contributed by atoms with van der Waals surface area (Å²) in [7, 11) is 0. The zero-order valence-electron chi connectivity index (χ0n) is 16.6. The Hall–Kier alpha value is -0.610. The van der Waals surface area contributed by atoms with Gasteiger partial charge in [-0.2, -0.15) is 0 Å². The van der Waals surface area contributed by atoms with Gasteiger partial charge in [-0.05, 0) is 43.6 Å². The number of nitrogens with zero attached hydrogens (tertiary/aromatic N) is 3. The van der Waals surface area contributed by atoms with Gasteiger partial charge in [0.05, 0.1) is 25.8 Å². The smallest absolute Gasteiger partial charge is 0.188 e. The summed E-state index contributed by atoms with van der Waals surface area (Å²) in [4.78, 5) is 9.56. The number of likely N-dealkylation sites (N-methyl/N-ethyl adjacent to an activating group) is 1. The number of nitrogens with two attached hydrogens (primary N) is 1. The number of nitrogens with one attached hydrogen (secondary N) is 1. The molecule has 8 heteroatoms. The third-order valence-corrected chi connectivity index (χ3v) is 5.81. The normalized spacial score (nSPS) is 22.6. The van der Waals surface area contributed by atoms with Crippen molar-refractivity contribution in [1.82, 2.24) is 15.1 Å². The summed E-state index contributed by atoms with van der Waals surface area (Å²) in [5, 5.41) is 4.08. The Kier molecular flexibility index (Phi) is 10.3. The quantitative estimate of drug-likeness (QED) is 0.328. The van der Waals surface area contributed by atoms with E-state index in [0.717, 1.165) is 44.4 Å². The average molecular weight is 522 g/mol. The molecule has 1 aromatic carbocycles. The van der Waals surface area contributed by atoms with E-state index in [9.17, 15) is 0 Å². The molecule has 6 nitrogen and oxygen atoms in total. The summed E-state index contributed by atoms with van der Waals surface area (Å²) in [6, 6.07) is 8.76. The molecule has 0 saturated carbocycles. The summed E-state index contributed by atoms with van der Waals surface area (Å²) in [6.07, 6.45) is 2.50. The van der Waals surface area contributed by atoms with Gasteiger partial charge in [-0.1, -0.05) is 30.7 Å². The fraction of sp³-hybridized carbons (Fsp3) is 0.650. The van der Waals surface area contributed by atoms with Gasteiger partial charge < -0.3 is 15.8 Å². The minimum Gasteiger partial charge on any atom is -0.379 e. The molecule has 0 bridgehead atoms. The summed E-state index contributed by atoms with van der Waals surface area (Å²) >= 11 is 6.22. The maximum Gasteiger partial charge on any atom is 0.188 e. The first-order valence-electron chi connectivity index (χ1n) is 10.0. The number of likely N-dealkylation sites (tertiary alicyclic amines) is 1. The van der Waals surface area contributed by atoms with Crippen LogP contribution in [0.1, 0.15) is 31.4 Å². The van der Waals surface area contributed by atoms with Crippen molar-refractivity contribution in [1.29, 1.82) is 0 Å². The van der Waals surface area contributed by atoms with Crippen molar-refractivity contribution in [3.8, 4) is 0 Å². The van der Waals surface area contributed by atoms with Crippen LogP contribution in [0.15, 0.2) is 29.3 Å². The number of aliphatic imine (C=N–C) groups is 1. The van der Waals surface area contributed by atoms with Gasteiger partial charge in [-0.3, -0.25) is 14.8 Å². The molecular formula is C20H33ClIN5O. The molecule has 2 unspecified atom stereocenters. The fourth-order valence-electron chi connectivity index (χ4n) is 4.04. The van der Waals surface area contributed by atoms with Crippen LogP contribution in [0, 0.1) is 0 Å². The molecule has 2 saturated heterocycles. The van der Waals surface area contributed by atoms with Crippen molar-refractivity contribution in [3.05, 3.63) is 34.9 Å². The molecule has 28 heavy (non-hydrogen) atoms. The van der Waals surface area contributed by atoms with Crippen LogP contribution in [-0.4, -0.2) is 74.3 Å². The molecule has 0 radical (unpaired) electrons. The van der Waals surface area contributed by atoms with Crippen LogP contribution in [0.5, 0.6) is 0 Å². The highest BCUT2D eigenvalue weighted by Gasteiger charge is 2.24. The van der Waals surface area contributed by atoms with Crippen LogP contribution in [0.2, 0.25) is 5.02 Å².